The first-order valence-electron chi connectivity index (χ1n) is 13.9. The maximum atomic E-state index is 13.6. The average molecular weight is 614 g/mol. The van der Waals surface area contributed by atoms with Gasteiger partial charge in [0.05, 0.1) is 23.6 Å². The molecule has 5 fully saturated rings. The lowest BCUT2D eigenvalue weighted by atomic mass is 9.70. The highest BCUT2D eigenvalue weighted by Gasteiger charge is 2.48. The zero-order chi connectivity index (χ0) is 27.8. The summed E-state index contributed by atoms with van der Waals surface area (Å²) >= 11 is 14.3. The molecule has 5 saturated heterocycles. The zero-order valence-corrected chi connectivity index (χ0v) is 24.6. The van der Waals surface area contributed by atoms with E-state index in [1.807, 2.05) is 0 Å². The average Bonchev–Trinajstić information content (AvgIpc) is 3.46. The number of likely N-dealkylation sites (tertiary alicyclic amines) is 1. The van der Waals surface area contributed by atoms with Gasteiger partial charge >= 0.3 is 0 Å². The summed E-state index contributed by atoms with van der Waals surface area (Å²) in [7, 11) is 1.72. The fraction of sp³-hybridized carbons (Fsp3) is 0.920. The summed E-state index contributed by atoms with van der Waals surface area (Å²) in [5.74, 6) is -0.854. The lowest BCUT2D eigenvalue weighted by Gasteiger charge is -2.45. The number of fused-ring (bicyclic) bond motifs is 1. The molecule has 5 N–H and O–H groups in total. The molecule has 9 nitrogen and oxygen atoms in total. The molecule has 5 aliphatic rings. The number of amides is 2. The smallest absolute Gasteiger partial charge is 0.244 e. The van der Waals surface area contributed by atoms with Crippen LogP contribution in [0.25, 0.3) is 0 Å². The van der Waals surface area contributed by atoms with E-state index >= 15 is 0 Å². The van der Waals surface area contributed by atoms with Crippen molar-refractivity contribution in [3.8, 4) is 0 Å². The third kappa shape index (κ3) is 6.63. The number of carbonyl (C=O) groups is 2. The van der Waals surface area contributed by atoms with E-state index in [1.165, 1.54) is 0 Å². The Labute approximate surface area is 242 Å². The number of nitrogens with one attached hydrogen (secondary N) is 5. The van der Waals surface area contributed by atoms with E-state index in [1.54, 1.807) is 23.8 Å². The summed E-state index contributed by atoms with van der Waals surface area (Å²) in [6, 6.07) is -0.178. The standard InChI is InChI=1S/C25H40Cl2F2N6O3S/c1-11-3-12(13-4-21(27)32-8-19(13)38-2)14(6-30-11)23(36)34-25-33-18-9-35(10-20(18)39-25)24(37)17-5-16(26)15(7-31-17)22(28)29/h11-22,25,30-33H,3-10H2,1-2H3,(H,34,36). The number of methoxy groups -OCH3 is 1. The molecular weight excluding hydrogens is 573 g/mol. The Kier molecular flexibility index (Phi) is 9.85. The number of alkyl halides is 4. The third-order valence-corrected chi connectivity index (χ3v) is 11.4. The van der Waals surface area contributed by atoms with Crippen molar-refractivity contribution in [3.63, 3.8) is 0 Å². The van der Waals surface area contributed by atoms with Crippen molar-refractivity contribution in [1.82, 2.24) is 31.5 Å². The molecule has 0 radical (unpaired) electrons. The van der Waals surface area contributed by atoms with E-state index in [0.29, 0.717) is 32.2 Å². The molecule has 5 aliphatic heterocycles. The Morgan fingerprint density at radius 3 is 2.54 bits per heavy atom. The summed E-state index contributed by atoms with van der Waals surface area (Å²) in [6.45, 7) is 4.53. The van der Waals surface area contributed by atoms with Crippen molar-refractivity contribution in [2.75, 3.05) is 39.8 Å². The molecule has 5 heterocycles. The Bertz CT molecular complexity index is 885. The van der Waals surface area contributed by atoms with Crippen molar-refractivity contribution in [3.05, 3.63) is 0 Å². The van der Waals surface area contributed by atoms with Gasteiger partial charge in [0.15, 0.2) is 0 Å². The van der Waals surface area contributed by atoms with Crippen LogP contribution in [0.15, 0.2) is 0 Å². The van der Waals surface area contributed by atoms with E-state index in [-0.39, 0.29) is 70.9 Å². The van der Waals surface area contributed by atoms with Crippen LogP contribution in [0, 0.1) is 23.7 Å². The number of piperidine rings is 3. The summed E-state index contributed by atoms with van der Waals surface area (Å²) in [5, 5.41) is 15.8. The third-order valence-electron chi connectivity index (χ3n) is 9.19. The Hall–Kier alpha value is -0.470. The van der Waals surface area contributed by atoms with Crippen LogP contribution in [-0.2, 0) is 14.3 Å². The van der Waals surface area contributed by atoms with Crippen LogP contribution in [0.2, 0.25) is 0 Å². The lowest BCUT2D eigenvalue weighted by molar-refractivity contribution is -0.134. The van der Waals surface area contributed by atoms with E-state index in [2.05, 4.69) is 33.5 Å². The normalized spacial score (nSPS) is 44.8. The van der Waals surface area contributed by atoms with Crippen LogP contribution < -0.4 is 26.6 Å². The van der Waals surface area contributed by atoms with Gasteiger partial charge in [-0.1, -0.05) is 0 Å². The minimum atomic E-state index is -2.50. The molecule has 5 rings (SSSR count). The Balaban J connectivity index is 1.14. The molecule has 2 amide bonds. The molecular formula is C25H40Cl2F2N6O3S. The molecule has 12 atom stereocenters. The van der Waals surface area contributed by atoms with Gasteiger partial charge in [0, 0.05) is 68.5 Å². The van der Waals surface area contributed by atoms with Crippen molar-refractivity contribution in [1.29, 1.82) is 0 Å². The van der Waals surface area contributed by atoms with Crippen LogP contribution in [-0.4, -0.2) is 109 Å². The first-order valence-corrected chi connectivity index (χ1v) is 15.8. The molecule has 0 aromatic carbocycles. The number of hydrogen-bond donors (Lipinski definition) is 5. The van der Waals surface area contributed by atoms with Gasteiger partial charge in [-0.05, 0) is 38.0 Å². The molecule has 14 heteroatoms. The Morgan fingerprint density at radius 2 is 1.85 bits per heavy atom. The van der Waals surface area contributed by atoms with Gasteiger partial charge in [0.2, 0.25) is 18.2 Å². The largest absolute Gasteiger partial charge is 0.380 e. The second kappa shape index (κ2) is 12.8. The van der Waals surface area contributed by atoms with Gasteiger partial charge in [-0.25, -0.2) is 8.78 Å². The quantitative estimate of drug-likeness (QED) is 0.223. The predicted molar refractivity (Wildman–Crippen MR) is 148 cm³/mol. The fourth-order valence-electron chi connectivity index (χ4n) is 6.99. The highest BCUT2D eigenvalue weighted by Crippen LogP contribution is 2.39. The number of carbonyl (C=O) groups excluding carboxylic acids is 2. The number of thioether (sulfide) groups is 1. The number of hydrogen-bond acceptors (Lipinski definition) is 8. The second-order valence-electron chi connectivity index (χ2n) is 11.7. The van der Waals surface area contributed by atoms with Crippen molar-refractivity contribution < 1.29 is 23.1 Å². The van der Waals surface area contributed by atoms with E-state index in [4.69, 9.17) is 27.9 Å². The van der Waals surface area contributed by atoms with Gasteiger partial charge in [-0.2, -0.15) is 0 Å². The van der Waals surface area contributed by atoms with Gasteiger partial charge < -0.3 is 25.6 Å². The molecule has 0 aromatic heterocycles. The molecule has 0 aromatic rings. The number of nitrogens with zero attached hydrogens (tertiary/aromatic N) is 1. The monoisotopic (exact) mass is 612 g/mol. The lowest BCUT2D eigenvalue weighted by Crippen LogP contribution is -2.57. The topological polar surface area (TPSA) is 107 Å². The highest BCUT2D eigenvalue weighted by atomic mass is 35.5. The highest BCUT2D eigenvalue weighted by molar-refractivity contribution is 8.00. The molecule has 0 spiro atoms. The summed E-state index contributed by atoms with van der Waals surface area (Å²) in [6.07, 6.45) is -0.649. The summed E-state index contributed by atoms with van der Waals surface area (Å²) in [5.41, 5.74) is -0.360. The van der Waals surface area contributed by atoms with Gasteiger partial charge in [0.25, 0.3) is 0 Å². The van der Waals surface area contributed by atoms with Crippen molar-refractivity contribution in [2.45, 2.75) is 78.5 Å². The number of ether oxygens (including phenoxy) is 1. The fourth-order valence-corrected chi connectivity index (χ4v) is 9.07. The first-order chi connectivity index (χ1) is 18.6. The van der Waals surface area contributed by atoms with Crippen molar-refractivity contribution >= 4 is 46.8 Å². The maximum absolute atomic E-state index is 13.6. The molecule has 0 bridgehead atoms. The van der Waals surface area contributed by atoms with Crippen LogP contribution in [0.3, 0.4) is 0 Å². The molecule has 222 valence electrons. The maximum Gasteiger partial charge on any atom is 0.244 e. The number of rotatable bonds is 6. The summed E-state index contributed by atoms with van der Waals surface area (Å²) in [4.78, 5) is 28.4. The zero-order valence-electron chi connectivity index (χ0n) is 22.3. The van der Waals surface area contributed by atoms with E-state index < -0.39 is 23.8 Å². The molecule has 39 heavy (non-hydrogen) atoms. The SMILES string of the molecule is COC1CNC(Cl)CC1C1CC(C)NCC1C(=O)NC1NC2CN(C(=O)C3CC(Cl)C(C(F)F)CN3)CC2S1. The predicted octanol–water partition coefficient (Wildman–Crippen LogP) is 0.956. The van der Waals surface area contributed by atoms with Crippen LogP contribution in [0.5, 0.6) is 0 Å². The minimum Gasteiger partial charge on any atom is -0.380 e. The van der Waals surface area contributed by atoms with Crippen LogP contribution in [0.1, 0.15) is 26.2 Å². The van der Waals surface area contributed by atoms with Crippen LogP contribution in [0.4, 0.5) is 8.78 Å². The first kappa shape index (κ1) is 30.0. The molecule has 12 unspecified atom stereocenters. The molecule has 0 saturated carbocycles. The molecule has 0 aliphatic carbocycles. The van der Waals surface area contributed by atoms with Gasteiger partial charge in [0.1, 0.15) is 5.50 Å². The van der Waals surface area contributed by atoms with E-state index in [9.17, 15) is 18.4 Å². The van der Waals surface area contributed by atoms with Gasteiger partial charge in [-0.3, -0.25) is 20.2 Å². The van der Waals surface area contributed by atoms with Crippen molar-refractivity contribution in [2.24, 2.45) is 23.7 Å². The summed E-state index contributed by atoms with van der Waals surface area (Å²) < 4.78 is 32.0. The minimum absolute atomic E-state index is 0.0152. The van der Waals surface area contributed by atoms with Gasteiger partial charge in [-0.15, -0.1) is 35.0 Å². The van der Waals surface area contributed by atoms with E-state index in [0.717, 1.165) is 12.8 Å². The Morgan fingerprint density at radius 1 is 1.05 bits per heavy atom. The second-order valence-corrected chi connectivity index (χ2v) is 14.1. The number of halogens is 4. The van der Waals surface area contributed by atoms with Crippen LogP contribution >= 0.6 is 35.0 Å².